The molecule has 0 bridgehead atoms. The summed E-state index contributed by atoms with van der Waals surface area (Å²) in [5, 5.41) is 0. The Morgan fingerprint density at radius 2 is 2.00 bits per heavy atom. The Morgan fingerprint density at radius 1 is 1.24 bits per heavy atom. The first-order valence-corrected chi connectivity index (χ1v) is 5.38. The number of aromatic amines is 1. The topological polar surface area (TPSA) is 50.2 Å². The molecule has 3 aromatic rings. The fourth-order valence-electron chi connectivity index (χ4n) is 1.86. The van der Waals surface area contributed by atoms with Crippen molar-refractivity contribution >= 4 is 5.78 Å². The minimum atomic E-state index is -0.0711. The van der Waals surface area contributed by atoms with Crippen LogP contribution in [0.25, 0.3) is 17.0 Å². The Bertz CT molecular complexity index is 725. The van der Waals surface area contributed by atoms with Crippen molar-refractivity contribution in [3.8, 4) is 11.3 Å². The Hall–Kier alpha value is -2.36. The van der Waals surface area contributed by atoms with Gasteiger partial charge in [0.25, 0.3) is 5.56 Å². The predicted molar refractivity (Wildman–Crippen MR) is 66.0 cm³/mol. The van der Waals surface area contributed by atoms with Crippen molar-refractivity contribution in [2.24, 2.45) is 0 Å². The fourth-order valence-corrected chi connectivity index (χ4v) is 1.86. The number of nitrogens with one attached hydrogen (secondary N) is 1. The van der Waals surface area contributed by atoms with Gasteiger partial charge >= 0.3 is 0 Å². The summed E-state index contributed by atoms with van der Waals surface area (Å²) in [4.78, 5) is 19.4. The van der Waals surface area contributed by atoms with E-state index in [0.29, 0.717) is 11.5 Å². The summed E-state index contributed by atoms with van der Waals surface area (Å²) < 4.78 is 1.52. The highest BCUT2D eigenvalue weighted by molar-refractivity contribution is 5.60. The maximum absolute atomic E-state index is 11.9. The molecule has 0 spiro atoms. The van der Waals surface area contributed by atoms with Crippen LogP contribution < -0.4 is 5.56 Å². The molecule has 3 rings (SSSR count). The van der Waals surface area contributed by atoms with E-state index in [1.54, 1.807) is 12.3 Å². The quantitative estimate of drug-likeness (QED) is 0.688. The van der Waals surface area contributed by atoms with E-state index in [-0.39, 0.29) is 5.56 Å². The van der Waals surface area contributed by atoms with Gasteiger partial charge in [-0.1, -0.05) is 30.3 Å². The van der Waals surface area contributed by atoms with Gasteiger partial charge in [0.1, 0.15) is 0 Å². The van der Waals surface area contributed by atoms with Gasteiger partial charge in [-0.25, -0.2) is 4.98 Å². The maximum Gasteiger partial charge on any atom is 0.259 e. The monoisotopic (exact) mass is 225 g/mol. The van der Waals surface area contributed by atoms with E-state index >= 15 is 0 Å². The number of aromatic nitrogens is 3. The summed E-state index contributed by atoms with van der Waals surface area (Å²) >= 11 is 0. The molecule has 0 aliphatic carbocycles. The van der Waals surface area contributed by atoms with Gasteiger partial charge in [0, 0.05) is 23.5 Å². The van der Waals surface area contributed by atoms with Crippen molar-refractivity contribution in [3.63, 3.8) is 0 Å². The lowest BCUT2D eigenvalue weighted by Crippen LogP contribution is -2.12. The molecule has 0 aliphatic rings. The van der Waals surface area contributed by atoms with E-state index in [1.807, 2.05) is 37.3 Å². The normalized spacial score (nSPS) is 10.9. The molecule has 1 aromatic carbocycles. The Kier molecular flexibility index (Phi) is 2.08. The highest BCUT2D eigenvalue weighted by Gasteiger charge is 2.05. The van der Waals surface area contributed by atoms with Gasteiger partial charge in [-0.3, -0.25) is 9.20 Å². The summed E-state index contributed by atoms with van der Waals surface area (Å²) in [5.74, 6) is 0.578. The van der Waals surface area contributed by atoms with E-state index in [2.05, 4.69) is 9.97 Å². The number of hydrogen-bond acceptors (Lipinski definition) is 2. The third-order valence-corrected chi connectivity index (χ3v) is 2.65. The first-order valence-electron chi connectivity index (χ1n) is 5.38. The molecule has 0 fully saturated rings. The van der Waals surface area contributed by atoms with Gasteiger partial charge in [-0.05, 0) is 6.92 Å². The van der Waals surface area contributed by atoms with Crippen molar-refractivity contribution in [1.29, 1.82) is 0 Å². The molecule has 84 valence electrons. The molecule has 2 heterocycles. The van der Waals surface area contributed by atoms with Gasteiger partial charge < -0.3 is 4.98 Å². The number of aryl methyl sites for hydroxylation is 1. The van der Waals surface area contributed by atoms with Gasteiger partial charge in [-0.2, -0.15) is 0 Å². The molecular weight excluding hydrogens is 214 g/mol. The smallest absolute Gasteiger partial charge is 0.259 e. The van der Waals surface area contributed by atoms with Gasteiger partial charge in [-0.15, -0.1) is 0 Å². The average Bonchev–Trinajstić information content (AvgIpc) is 2.71. The van der Waals surface area contributed by atoms with Crippen molar-refractivity contribution in [2.45, 2.75) is 6.92 Å². The maximum atomic E-state index is 11.9. The molecule has 0 radical (unpaired) electrons. The van der Waals surface area contributed by atoms with Crippen LogP contribution in [0.1, 0.15) is 5.69 Å². The summed E-state index contributed by atoms with van der Waals surface area (Å²) in [6.45, 7) is 1.90. The number of H-pyrrole nitrogens is 1. The van der Waals surface area contributed by atoms with Crippen molar-refractivity contribution < 1.29 is 0 Å². The Morgan fingerprint density at radius 3 is 2.76 bits per heavy atom. The first-order chi connectivity index (χ1) is 8.24. The zero-order valence-corrected chi connectivity index (χ0v) is 9.34. The highest BCUT2D eigenvalue weighted by atomic mass is 16.1. The van der Waals surface area contributed by atoms with E-state index in [4.69, 9.17) is 0 Å². The molecule has 0 saturated carbocycles. The molecule has 2 aromatic heterocycles. The largest absolute Gasteiger partial charge is 0.328 e. The molecule has 0 atom stereocenters. The Balaban J connectivity index is 2.29. The molecule has 1 N–H and O–H groups in total. The second-order valence-corrected chi connectivity index (χ2v) is 3.98. The standard InChI is InChI=1S/C13H11N3O/c1-9-8-16-12(17)7-11(15-13(16)14-9)10-5-3-2-4-6-10/h2-8H,1H3,(H,14,15). The molecule has 0 aliphatic heterocycles. The van der Waals surface area contributed by atoms with E-state index < -0.39 is 0 Å². The third kappa shape index (κ3) is 1.63. The zero-order valence-electron chi connectivity index (χ0n) is 9.34. The minimum absolute atomic E-state index is 0.0711. The minimum Gasteiger partial charge on any atom is -0.328 e. The van der Waals surface area contributed by atoms with Crippen LogP contribution in [0.4, 0.5) is 0 Å². The SMILES string of the molecule is Cc1cn2c(=O)cc(-c3ccccc3)nc2[nH]1. The van der Waals surface area contributed by atoms with Crippen LogP contribution >= 0.6 is 0 Å². The molecule has 17 heavy (non-hydrogen) atoms. The van der Waals surface area contributed by atoms with Crippen LogP contribution in [0.5, 0.6) is 0 Å². The van der Waals surface area contributed by atoms with E-state index in [1.165, 1.54) is 4.40 Å². The van der Waals surface area contributed by atoms with Crippen molar-refractivity contribution in [1.82, 2.24) is 14.4 Å². The second kappa shape index (κ2) is 3.59. The zero-order chi connectivity index (χ0) is 11.8. The van der Waals surface area contributed by atoms with E-state index in [9.17, 15) is 4.79 Å². The Labute approximate surface area is 97.6 Å². The number of nitrogens with zero attached hydrogens (tertiary/aromatic N) is 2. The second-order valence-electron chi connectivity index (χ2n) is 3.98. The van der Waals surface area contributed by atoms with Crippen LogP contribution in [0.15, 0.2) is 47.4 Å². The van der Waals surface area contributed by atoms with E-state index in [0.717, 1.165) is 11.3 Å². The number of fused-ring (bicyclic) bond motifs is 1. The van der Waals surface area contributed by atoms with Crippen LogP contribution in [0, 0.1) is 6.92 Å². The van der Waals surface area contributed by atoms with Crippen LogP contribution in [-0.2, 0) is 0 Å². The molecule has 4 heteroatoms. The van der Waals surface area contributed by atoms with Gasteiger partial charge in [0.2, 0.25) is 5.78 Å². The molecule has 0 amide bonds. The van der Waals surface area contributed by atoms with Crippen LogP contribution in [-0.4, -0.2) is 14.4 Å². The lowest BCUT2D eigenvalue weighted by Gasteiger charge is -2.00. The first kappa shape index (κ1) is 9.84. The number of hydrogen-bond donors (Lipinski definition) is 1. The molecule has 0 unspecified atom stereocenters. The van der Waals surface area contributed by atoms with Gasteiger partial charge in [0.05, 0.1) is 5.69 Å². The highest BCUT2D eigenvalue weighted by Crippen LogP contribution is 2.14. The summed E-state index contributed by atoms with van der Waals surface area (Å²) in [6.07, 6.45) is 1.75. The summed E-state index contributed by atoms with van der Waals surface area (Å²) in [7, 11) is 0. The number of benzene rings is 1. The predicted octanol–water partition coefficient (Wildman–Crippen LogP) is 2.00. The molecule has 4 nitrogen and oxygen atoms in total. The molecule has 0 saturated heterocycles. The van der Waals surface area contributed by atoms with Gasteiger partial charge in [0.15, 0.2) is 0 Å². The van der Waals surface area contributed by atoms with Crippen LogP contribution in [0.3, 0.4) is 0 Å². The lowest BCUT2D eigenvalue weighted by molar-refractivity contribution is 1.06. The fraction of sp³-hybridized carbons (Fsp3) is 0.0769. The third-order valence-electron chi connectivity index (χ3n) is 2.65. The summed E-state index contributed by atoms with van der Waals surface area (Å²) in [5.41, 5.74) is 2.48. The van der Waals surface area contributed by atoms with Crippen LogP contribution in [0.2, 0.25) is 0 Å². The van der Waals surface area contributed by atoms with Crippen molar-refractivity contribution in [2.75, 3.05) is 0 Å². The summed E-state index contributed by atoms with van der Waals surface area (Å²) in [6, 6.07) is 11.2. The molecular formula is C13H11N3O. The number of imidazole rings is 1. The average molecular weight is 225 g/mol. The number of rotatable bonds is 1. The lowest BCUT2D eigenvalue weighted by atomic mass is 10.1. The van der Waals surface area contributed by atoms with Crippen molar-refractivity contribution in [3.05, 3.63) is 58.6 Å².